The summed E-state index contributed by atoms with van der Waals surface area (Å²) in [5, 5.41) is 11.7. The highest BCUT2D eigenvalue weighted by Gasteiger charge is 2.22. The summed E-state index contributed by atoms with van der Waals surface area (Å²) in [7, 11) is 0. The van der Waals surface area contributed by atoms with Gasteiger partial charge in [-0.25, -0.2) is 4.98 Å². The van der Waals surface area contributed by atoms with Gasteiger partial charge in [0.05, 0.1) is 17.3 Å². The van der Waals surface area contributed by atoms with Gasteiger partial charge < -0.3 is 9.84 Å². The molecule has 1 atom stereocenters. The van der Waals surface area contributed by atoms with E-state index in [-0.39, 0.29) is 6.10 Å². The van der Waals surface area contributed by atoms with Gasteiger partial charge in [0.25, 0.3) is 0 Å². The zero-order valence-electron chi connectivity index (χ0n) is 15.0. The Kier molecular flexibility index (Phi) is 5.16. The fraction of sp³-hybridized carbons (Fsp3) is 0.348. The van der Waals surface area contributed by atoms with Crippen LogP contribution in [0.5, 0.6) is 5.75 Å². The molecule has 1 heterocycles. The van der Waals surface area contributed by atoms with Crippen LogP contribution < -0.4 is 4.74 Å². The molecule has 0 bridgehead atoms. The van der Waals surface area contributed by atoms with Crippen LogP contribution in [0, 0.1) is 5.92 Å². The maximum absolute atomic E-state index is 10.6. The van der Waals surface area contributed by atoms with Crippen molar-refractivity contribution in [2.24, 2.45) is 5.92 Å². The number of aliphatic hydroxyl groups is 1. The van der Waals surface area contributed by atoms with Crippen LogP contribution in [0.2, 0.25) is 0 Å². The van der Waals surface area contributed by atoms with Crippen molar-refractivity contribution in [3.63, 3.8) is 0 Å². The molecule has 1 fully saturated rings. The summed E-state index contributed by atoms with van der Waals surface area (Å²) in [5.41, 5.74) is 2.89. The fourth-order valence-corrected chi connectivity index (χ4v) is 3.83. The Labute approximate surface area is 154 Å². The number of ether oxygens (including phenoxy) is 1. The van der Waals surface area contributed by atoms with E-state index in [0.717, 1.165) is 40.8 Å². The normalized spacial score (nSPS) is 16.5. The van der Waals surface area contributed by atoms with E-state index in [2.05, 4.69) is 17.1 Å². The molecule has 1 aliphatic carbocycles. The summed E-state index contributed by atoms with van der Waals surface area (Å²) in [4.78, 5) is 4.63. The van der Waals surface area contributed by atoms with Crippen LogP contribution in [0.3, 0.4) is 0 Å². The Morgan fingerprint density at radius 3 is 2.50 bits per heavy atom. The van der Waals surface area contributed by atoms with Crippen molar-refractivity contribution in [3.8, 4) is 5.75 Å². The Hall–Kier alpha value is -2.39. The number of fused-ring (bicyclic) bond motifs is 1. The molecular formula is C23H25NO2. The highest BCUT2D eigenvalue weighted by Crippen LogP contribution is 2.34. The lowest BCUT2D eigenvalue weighted by Gasteiger charge is -2.26. The summed E-state index contributed by atoms with van der Waals surface area (Å²) >= 11 is 0. The summed E-state index contributed by atoms with van der Waals surface area (Å²) < 4.78 is 5.88. The van der Waals surface area contributed by atoms with E-state index < -0.39 is 0 Å². The highest BCUT2D eigenvalue weighted by atomic mass is 16.5. The van der Waals surface area contributed by atoms with Crippen LogP contribution >= 0.6 is 0 Å². The minimum absolute atomic E-state index is 0.355. The SMILES string of the molecule is OC(c1ccc(OCc2ccc3ccccc3n2)cc1)C1CCCCC1. The summed E-state index contributed by atoms with van der Waals surface area (Å²) in [5.74, 6) is 1.21. The van der Waals surface area contributed by atoms with E-state index >= 15 is 0 Å². The molecule has 0 saturated heterocycles. The first-order valence-corrected chi connectivity index (χ1v) is 9.55. The maximum atomic E-state index is 10.6. The molecule has 0 amide bonds. The maximum Gasteiger partial charge on any atom is 0.130 e. The molecule has 0 aliphatic heterocycles. The van der Waals surface area contributed by atoms with Crippen molar-refractivity contribution >= 4 is 10.9 Å². The molecule has 4 rings (SSSR count). The topological polar surface area (TPSA) is 42.4 Å². The van der Waals surface area contributed by atoms with Gasteiger partial charge in [0.2, 0.25) is 0 Å². The van der Waals surface area contributed by atoms with Crippen molar-refractivity contribution in [2.75, 3.05) is 0 Å². The Morgan fingerprint density at radius 2 is 1.69 bits per heavy atom. The average Bonchev–Trinajstić information content (AvgIpc) is 2.72. The third-order valence-electron chi connectivity index (χ3n) is 5.36. The highest BCUT2D eigenvalue weighted by molar-refractivity contribution is 5.78. The number of hydrogen-bond acceptors (Lipinski definition) is 3. The lowest BCUT2D eigenvalue weighted by molar-refractivity contribution is 0.0848. The van der Waals surface area contributed by atoms with Crippen molar-refractivity contribution < 1.29 is 9.84 Å². The summed E-state index contributed by atoms with van der Waals surface area (Å²) in [6, 6.07) is 20.0. The number of benzene rings is 2. The second-order valence-corrected chi connectivity index (χ2v) is 7.20. The van der Waals surface area contributed by atoms with Gasteiger partial charge in [0, 0.05) is 5.39 Å². The van der Waals surface area contributed by atoms with Crippen molar-refractivity contribution in [3.05, 3.63) is 71.9 Å². The minimum Gasteiger partial charge on any atom is -0.487 e. The van der Waals surface area contributed by atoms with Gasteiger partial charge in [-0.1, -0.05) is 55.7 Å². The molecule has 2 aromatic carbocycles. The Morgan fingerprint density at radius 1 is 0.923 bits per heavy atom. The van der Waals surface area contributed by atoms with E-state index in [1.165, 1.54) is 19.3 Å². The summed E-state index contributed by atoms with van der Waals surface area (Å²) in [6.45, 7) is 0.440. The quantitative estimate of drug-likeness (QED) is 0.669. The molecule has 0 spiro atoms. The predicted molar refractivity (Wildman–Crippen MR) is 104 cm³/mol. The monoisotopic (exact) mass is 347 g/mol. The zero-order chi connectivity index (χ0) is 17.8. The van der Waals surface area contributed by atoms with Gasteiger partial charge in [-0.3, -0.25) is 0 Å². The minimum atomic E-state index is -0.355. The zero-order valence-corrected chi connectivity index (χ0v) is 15.0. The van der Waals surface area contributed by atoms with Crippen LogP contribution in [0.4, 0.5) is 0 Å². The molecule has 3 aromatic rings. The van der Waals surface area contributed by atoms with Gasteiger partial charge in [0.1, 0.15) is 12.4 Å². The van der Waals surface area contributed by atoms with Gasteiger partial charge in [0.15, 0.2) is 0 Å². The van der Waals surface area contributed by atoms with Crippen molar-refractivity contribution in [1.29, 1.82) is 0 Å². The van der Waals surface area contributed by atoms with Crippen LogP contribution in [-0.2, 0) is 6.61 Å². The molecule has 134 valence electrons. The molecule has 3 heteroatoms. The number of para-hydroxylation sites is 1. The van der Waals surface area contributed by atoms with Crippen LogP contribution in [0.1, 0.15) is 49.5 Å². The van der Waals surface area contributed by atoms with Crippen LogP contribution in [0.25, 0.3) is 10.9 Å². The lowest BCUT2D eigenvalue weighted by atomic mass is 9.83. The molecule has 3 nitrogen and oxygen atoms in total. The molecular weight excluding hydrogens is 322 g/mol. The molecule has 1 aromatic heterocycles. The second-order valence-electron chi connectivity index (χ2n) is 7.20. The molecule has 1 saturated carbocycles. The Bertz CT molecular complexity index is 853. The van der Waals surface area contributed by atoms with Gasteiger partial charge in [-0.15, -0.1) is 0 Å². The molecule has 1 unspecified atom stereocenters. The fourth-order valence-electron chi connectivity index (χ4n) is 3.83. The standard InChI is InChI=1S/C23H25NO2/c25-23(18-7-2-1-3-8-18)19-11-14-21(15-12-19)26-16-20-13-10-17-6-4-5-9-22(17)24-20/h4-6,9-15,18,23,25H,1-3,7-8,16H2. The first-order chi connectivity index (χ1) is 12.8. The van der Waals surface area contributed by atoms with E-state index in [1.807, 2.05) is 48.5 Å². The largest absolute Gasteiger partial charge is 0.487 e. The van der Waals surface area contributed by atoms with Crippen LogP contribution in [0.15, 0.2) is 60.7 Å². The number of nitrogens with zero attached hydrogens (tertiary/aromatic N) is 1. The smallest absolute Gasteiger partial charge is 0.130 e. The molecule has 1 aliphatic rings. The van der Waals surface area contributed by atoms with Crippen LogP contribution in [-0.4, -0.2) is 10.1 Å². The predicted octanol–water partition coefficient (Wildman–Crippen LogP) is 5.43. The lowest BCUT2D eigenvalue weighted by Crippen LogP contribution is -2.15. The molecule has 1 N–H and O–H groups in total. The first kappa shape index (κ1) is 17.0. The van der Waals surface area contributed by atoms with Gasteiger partial charge in [-0.05, 0) is 48.6 Å². The molecule has 0 radical (unpaired) electrons. The molecule has 26 heavy (non-hydrogen) atoms. The van der Waals surface area contributed by atoms with Crippen molar-refractivity contribution in [2.45, 2.75) is 44.8 Å². The number of hydrogen-bond donors (Lipinski definition) is 1. The van der Waals surface area contributed by atoms with E-state index in [1.54, 1.807) is 0 Å². The third kappa shape index (κ3) is 3.88. The number of rotatable bonds is 5. The average molecular weight is 347 g/mol. The number of aliphatic hydroxyl groups excluding tert-OH is 1. The van der Waals surface area contributed by atoms with Gasteiger partial charge >= 0.3 is 0 Å². The van der Waals surface area contributed by atoms with Gasteiger partial charge in [-0.2, -0.15) is 0 Å². The Balaban J connectivity index is 1.38. The number of aromatic nitrogens is 1. The van der Waals surface area contributed by atoms with Crippen molar-refractivity contribution in [1.82, 2.24) is 4.98 Å². The first-order valence-electron chi connectivity index (χ1n) is 9.55. The number of pyridine rings is 1. The van der Waals surface area contributed by atoms with E-state index in [4.69, 9.17) is 4.74 Å². The second kappa shape index (κ2) is 7.88. The third-order valence-corrected chi connectivity index (χ3v) is 5.36. The van der Waals surface area contributed by atoms with E-state index in [0.29, 0.717) is 12.5 Å². The van der Waals surface area contributed by atoms with E-state index in [9.17, 15) is 5.11 Å². The summed E-state index contributed by atoms with van der Waals surface area (Å²) in [6.07, 6.45) is 5.69.